The topological polar surface area (TPSA) is 29.3 Å². The molecule has 16 heavy (non-hydrogen) atoms. The van der Waals surface area contributed by atoms with E-state index in [2.05, 4.69) is 32.7 Å². The minimum atomic E-state index is 0.0955. The van der Waals surface area contributed by atoms with Crippen LogP contribution in [0.25, 0.3) is 0 Å². The molecule has 0 aromatic rings. The van der Waals surface area contributed by atoms with Gasteiger partial charge in [0.25, 0.3) is 0 Å². The van der Waals surface area contributed by atoms with Crippen molar-refractivity contribution in [1.82, 2.24) is 4.90 Å². The molecule has 0 aliphatic heterocycles. The van der Waals surface area contributed by atoms with Crippen molar-refractivity contribution in [3.05, 3.63) is 0 Å². The third-order valence-corrected chi connectivity index (χ3v) is 3.98. The van der Waals surface area contributed by atoms with E-state index in [9.17, 15) is 0 Å². The van der Waals surface area contributed by atoms with Crippen LogP contribution in [0, 0.1) is 5.92 Å². The third-order valence-electron chi connectivity index (χ3n) is 3.98. The first kappa shape index (κ1) is 14.0. The number of likely N-dealkylation sites (N-methyl/N-ethyl adjacent to an activating group) is 1. The van der Waals surface area contributed by atoms with Crippen LogP contribution in [0.4, 0.5) is 0 Å². The summed E-state index contributed by atoms with van der Waals surface area (Å²) < 4.78 is 0. The number of rotatable bonds is 5. The summed E-state index contributed by atoms with van der Waals surface area (Å²) >= 11 is 0. The van der Waals surface area contributed by atoms with E-state index >= 15 is 0 Å². The van der Waals surface area contributed by atoms with E-state index in [0.717, 1.165) is 12.5 Å². The van der Waals surface area contributed by atoms with Gasteiger partial charge in [0.05, 0.1) is 0 Å². The molecule has 1 aliphatic carbocycles. The Morgan fingerprint density at radius 1 is 1.12 bits per heavy atom. The first-order chi connectivity index (χ1) is 7.43. The Bertz CT molecular complexity index is 195. The number of hydrogen-bond donors (Lipinski definition) is 1. The van der Waals surface area contributed by atoms with E-state index in [1.165, 1.54) is 38.5 Å². The highest BCUT2D eigenvalue weighted by Gasteiger charge is 2.29. The smallest absolute Gasteiger partial charge is 0.0283 e. The van der Waals surface area contributed by atoms with Crippen molar-refractivity contribution in [1.29, 1.82) is 0 Å². The van der Waals surface area contributed by atoms with Crippen molar-refractivity contribution in [3.8, 4) is 0 Å². The molecule has 96 valence electrons. The molecule has 1 rings (SSSR count). The molecule has 0 saturated heterocycles. The van der Waals surface area contributed by atoms with Gasteiger partial charge in [-0.2, -0.15) is 0 Å². The highest BCUT2D eigenvalue weighted by atomic mass is 15.1. The molecule has 0 aromatic carbocycles. The van der Waals surface area contributed by atoms with Gasteiger partial charge >= 0.3 is 0 Å². The fraction of sp³-hybridized carbons (Fsp3) is 1.00. The van der Waals surface area contributed by atoms with Crippen molar-refractivity contribution in [2.24, 2.45) is 11.7 Å². The van der Waals surface area contributed by atoms with Crippen LogP contribution in [-0.2, 0) is 0 Å². The van der Waals surface area contributed by atoms with E-state index in [1.807, 2.05) is 0 Å². The van der Waals surface area contributed by atoms with E-state index in [1.54, 1.807) is 0 Å². The van der Waals surface area contributed by atoms with E-state index in [-0.39, 0.29) is 5.54 Å². The van der Waals surface area contributed by atoms with Gasteiger partial charge in [0, 0.05) is 18.1 Å². The molecule has 0 amide bonds. The lowest BCUT2D eigenvalue weighted by atomic mass is 9.82. The maximum Gasteiger partial charge on any atom is 0.0283 e. The second-order valence-electron chi connectivity index (χ2n) is 6.32. The van der Waals surface area contributed by atoms with Crippen LogP contribution in [0.5, 0.6) is 0 Å². The Labute approximate surface area is 102 Å². The Morgan fingerprint density at radius 2 is 1.69 bits per heavy atom. The number of nitrogens with two attached hydrogens (primary N) is 1. The van der Waals surface area contributed by atoms with E-state index in [4.69, 9.17) is 5.73 Å². The van der Waals surface area contributed by atoms with Crippen molar-refractivity contribution >= 4 is 0 Å². The van der Waals surface area contributed by atoms with Gasteiger partial charge in [0.1, 0.15) is 0 Å². The second kappa shape index (κ2) is 6.02. The van der Waals surface area contributed by atoms with Crippen LogP contribution >= 0.6 is 0 Å². The molecule has 0 aromatic heterocycles. The monoisotopic (exact) mass is 226 g/mol. The van der Waals surface area contributed by atoms with Gasteiger partial charge in [-0.15, -0.1) is 0 Å². The van der Waals surface area contributed by atoms with Crippen molar-refractivity contribution in [2.45, 2.75) is 70.9 Å². The standard InChI is InChI=1S/C14H30N2/c1-12(2)10-13(3)16(4)11-14(15)8-6-5-7-9-14/h12-13H,5-11,15H2,1-4H3. The van der Waals surface area contributed by atoms with Gasteiger partial charge in [0.2, 0.25) is 0 Å². The predicted octanol–water partition coefficient (Wildman–Crippen LogP) is 3.01. The largest absolute Gasteiger partial charge is 0.324 e. The average Bonchev–Trinajstić information content (AvgIpc) is 2.16. The summed E-state index contributed by atoms with van der Waals surface area (Å²) in [5.74, 6) is 0.775. The van der Waals surface area contributed by atoms with E-state index in [0.29, 0.717) is 6.04 Å². The molecule has 0 spiro atoms. The van der Waals surface area contributed by atoms with Crippen LogP contribution in [0.15, 0.2) is 0 Å². The van der Waals surface area contributed by atoms with Crippen LogP contribution in [0.3, 0.4) is 0 Å². The minimum Gasteiger partial charge on any atom is -0.324 e. The van der Waals surface area contributed by atoms with Crippen molar-refractivity contribution in [3.63, 3.8) is 0 Å². The average molecular weight is 226 g/mol. The highest BCUT2D eigenvalue weighted by molar-refractivity contribution is 4.90. The SMILES string of the molecule is CC(C)CC(C)N(C)CC1(N)CCCCC1. The molecule has 1 fully saturated rings. The normalized spacial score (nSPS) is 22.7. The molecule has 1 atom stereocenters. The van der Waals surface area contributed by atoms with Gasteiger partial charge in [-0.3, -0.25) is 0 Å². The number of hydrogen-bond acceptors (Lipinski definition) is 2. The van der Waals surface area contributed by atoms with Crippen LogP contribution in [0.2, 0.25) is 0 Å². The quantitative estimate of drug-likeness (QED) is 0.781. The lowest BCUT2D eigenvalue weighted by Crippen LogP contribution is -2.52. The van der Waals surface area contributed by atoms with E-state index < -0.39 is 0 Å². The zero-order valence-electron chi connectivity index (χ0n) is 11.6. The summed E-state index contributed by atoms with van der Waals surface area (Å²) in [5.41, 5.74) is 6.58. The van der Waals surface area contributed by atoms with Gasteiger partial charge in [-0.25, -0.2) is 0 Å². The fourth-order valence-corrected chi connectivity index (χ4v) is 2.93. The zero-order chi connectivity index (χ0) is 12.2. The van der Waals surface area contributed by atoms with Crippen LogP contribution in [-0.4, -0.2) is 30.1 Å². The fourth-order valence-electron chi connectivity index (χ4n) is 2.93. The Morgan fingerprint density at radius 3 is 2.19 bits per heavy atom. The second-order valence-corrected chi connectivity index (χ2v) is 6.32. The van der Waals surface area contributed by atoms with Crippen LogP contribution in [0.1, 0.15) is 59.3 Å². The molecule has 1 aliphatic rings. The predicted molar refractivity (Wildman–Crippen MR) is 71.6 cm³/mol. The Kier molecular flexibility index (Phi) is 5.26. The van der Waals surface area contributed by atoms with Gasteiger partial charge < -0.3 is 10.6 Å². The summed E-state index contributed by atoms with van der Waals surface area (Å²) in [6.45, 7) is 7.99. The van der Waals surface area contributed by atoms with Crippen molar-refractivity contribution in [2.75, 3.05) is 13.6 Å². The van der Waals surface area contributed by atoms with Gasteiger partial charge in [-0.05, 0) is 39.2 Å². The Balaban J connectivity index is 2.39. The van der Waals surface area contributed by atoms with Gasteiger partial charge in [0.15, 0.2) is 0 Å². The zero-order valence-corrected chi connectivity index (χ0v) is 11.6. The maximum absolute atomic E-state index is 6.49. The van der Waals surface area contributed by atoms with Gasteiger partial charge in [-0.1, -0.05) is 33.1 Å². The molecule has 0 radical (unpaired) electrons. The molecule has 0 bridgehead atoms. The van der Waals surface area contributed by atoms with Crippen molar-refractivity contribution < 1.29 is 0 Å². The highest BCUT2D eigenvalue weighted by Crippen LogP contribution is 2.27. The lowest BCUT2D eigenvalue weighted by Gasteiger charge is -2.39. The molecule has 2 N–H and O–H groups in total. The summed E-state index contributed by atoms with van der Waals surface area (Å²) in [7, 11) is 2.23. The lowest BCUT2D eigenvalue weighted by molar-refractivity contribution is 0.152. The molecular formula is C14H30N2. The molecule has 0 heterocycles. The summed E-state index contributed by atoms with van der Waals surface area (Å²) in [6, 6.07) is 0.655. The number of nitrogens with zero attached hydrogens (tertiary/aromatic N) is 1. The maximum atomic E-state index is 6.49. The van der Waals surface area contributed by atoms with Crippen LogP contribution < -0.4 is 5.73 Å². The first-order valence-electron chi connectivity index (χ1n) is 6.92. The minimum absolute atomic E-state index is 0.0955. The summed E-state index contributed by atoms with van der Waals surface area (Å²) in [4.78, 5) is 2.46. The summed E-state index contributed by atoms with van der Waals surface area (Å²) in [5, 5.41) is 0. The molecular weight excluding hydrogens is 196 g/mol. The molecule has 2 heteroatoms. The Hall–Kier alpha value is -0.0800. The first-order valence-corrected chi connectivity index (χ1v) is 6.92. The third kappa shape index (κ3) is 4.42. The summed E-state index contributed by atoms with van der Waals surface area (Å²) in [6.07, 6.45) is 7.72. The molecule has 2 nitrogen and oxygen atoms in total. The molecule has 1 saturated carbocycles. The molecule has 1 unspecified atom stereocenters.